The molecule has 0 saturated heterocycles. The molecule has 0 spiro atoms. The van der Waals surface area contributed by atoms with Crippen LogP contribution < -0.4 is 5.73 Å². The van der Waals surface area contributed by atoms with Gasteiger partial charge >= 0.3 is 0 Å². The Bertz CT molecular complexity index is 323. The summed E-state index contributed by atoms with van der Waals surface area (Å²) in [6.07, 6.45) is 0. The topological polar surface area (TPSA) is 29.3 Å². The molecule has 1 aromatic carbocycles. The number of hydrogen-bond acceptors (Lipinski definition) is 2. The average Bonchev–Trinajstić information content (AvgIpc) is 2.18. The van der Waals surface area contributed by atoms with Gasteiger partial charge in [0.05, 0.1) is 0 Å². The van der Waals surface area contributed by atoms with Gasteiger partial charge in [-0.3, -0.25) is 4.90 Å². The lowest BCUT2D eigenvalue weighted by Crippen LogP contribution is -2.26. The standard InChI is InChI=1S/C12H19FN2/c1-9(2)15(3)8-11-6-12(13)5-4-10(11)7-14/h4-6,9H,7-8,14H2,1-3H3. The summed E-state index contributed by atoms with van der Waals surface area (Å²) in [7, 11) is 2.02. The largest absolute Gasteiger partial charge is 0.326 e. The second-order valence-electron chi connectivity index (χ2n) is 4.13. The van der Waals surface area contributed by atoms with Crippen LogP contribution in [0.25, 0.3) is 0 Å². The van der Waals surface area contributed by atoms with Gasteiger partial charge in [-0.05, 0) is 44.2 Å². The fourth-order valence-electron chi connectivity index (χ4n) is 1.39. The molecular weight excluding hydrogens is 191 g/mol. The molecule has 0 atom stereocenters. The highest BCUT2D eigenvalue weighted by Crippen LogP contribution is 2.14. The average molecular weight is 210 g/mol. The highest BCUT2D eigenvalue weighted by Gasteiger charge is 2.08. The highest BCUT2D eigenvalue weighted by molar-refractivity contribution is 5.27. The fourth-order valence-corrected chi connectivity index (χ4v) is 1.39. The molecule has 3 heteroatoms. The molecule has 0 aliphatic carbocycles. The van der Waals surface area contributed by atoms with E-state index in [-0.39, 0.29) is 5.82 Å². The van der Waals surface area contributed by atoms with Crippen LogP contribution in [0.2, 0.25) is 0 Å². The zero-order valence-electron chi connectivity index (χ0n) is 9.63. The summed E-state index contributed by atoms with van der Waals surface area (Å²) in [5, 5.41) is 0. The molecule has 0 unspecified atom stereocenters. The van der Waals surface area contributed by atoms with E-state index in [4.69, 9.17) is 5.73 Å². The number of rotatable bonds is 4. The number of halogens is 1. The SMILES string of the molecule is CC(C)N(C)Cc1cc(F)ccc1CN. The third-order valence-electron chi connectivity index (χ3n) is 2.69. The minimum atomic E-state index is -0.195. The maximum Gasteiger partial charge on any atom is 0.123 e. The number of benzene rings is 1. The number of hydrogen-bond donors (Lipinski definition) is 1. The quantitative estimate of drug-likeness (QED) is 0.825. The van der Waals surface area contributed by atoms with Crippen molar-refractivity contribution in [2.75, 3.05) is 7.05 Å². The molecule has 0 aromatic heterocycles. The summed E-state index contributed by atoms with van der Waals surface area (Å²) in [5.74, 6) is -0.195. The van der Waals surface area contributed by atoms with Crippen molar-refractivity contribution < 1.29 is 4.39 Å². The molecule has 1 aromatic rings. The molecule has 0 bridgehead atoms. The Balaban J connectivity index is 2.87. The first kappa shape index (κ1) is 12.1. The Morgan fingerprint density at radius 1 is 1.33 bits per heavy atom. The van der Waals surface area contributed by atoms with E-state index in [0.717, 1.165) is 17.7 Å². The first-order chi connectivity index (χ1) is 7.04. The molecule has 1 rings (SSSR count). The van der Waals surface area contributed by atoms with Gasteiger partial charge in [-0.2, -0.15) is 0 Å². The molecule has 84 valence electrons. The van der Waals surface area contributed by atoms with Gasteiger partial charge in [0.25, 0.3) is 0 Å². The van der Waals surface area contributed by atoms with Gasteiger partial charge in [0, 0.05) is 19.1 Å². The minimum Gasteiger partial charge on any atom is -0.326 e. The predicted molar refractivity (Wildman–Crippen MR) is 60.9 cm³/mol. The maximum absolute atomic E-state index is 13.1. The van der Waals surface area contributed by atoms with Gasteiger partial charge < -0.3 is 5.73 Å². The van der Waals surface area contributed by atoms with E-state index < -0.39 is 0 Å². The predicted octanol–water partition coefficient (Wildman–Crippen LogP) is 2.12. The van der Waals surface area contributed by atoms with Crippen LogP contribution in [0.15, 0.2) is 18.2 Å². The normalized spacial score (nSPS) is 11.4. The second-order valence-corrected chi connectivity index (χ2v) is 4.13. The van der Waals surface area contributed by atoms with Crippen molar-refractivity contribution in [1.29, 1.82) is 0 Å². The summed E-state index contributed by atoms with van der Waals surface area (Å²) >= 11 is 0. The van der Waals surface area contributed by atoms with Crippen LogP contribution in [-0.2, 0) is 13.1 Å². The summed E-state index contributed by atoms with van der Waals surface area (Å²) in [4.78, 5) is 2.16. The zero-order valence-corrected chi connectivity index (χ0v) is 9.63. The third-order valence-corrected chi connectivity index (χ3v) is 2.69. The van der Waals surface area contributed by atoms with Gasteiger partial charge in [-0.1, -0.05) is 6.07 Å². The molecule has 0 fully saturated rings. The Kier molecular flexibility index (Phi) is 4.24. The first-order valence-corrected chi connectivity index (χ1v) is 5.22. The lowest BCUT2D eigenvalue weighted by atomic mass is 10.1. The van der Waals surface area contributed by atoms with E-state index in [1.54, 1.807) is 12.1 Å². The van der Waals surface area contributed by atoms with Crippen LogP contribution in [0.4, 0.5) is 4.39 Å². The molecule has 15 heavy (non-hydrogen) atoms. The van der Waals surface area contributed by atoms with Crippen LogP contribution in [0.5, 0.6) is 0 Å². The monoisotopic (exact) mass is 210 g/mol. The molecule has 0 amide bonds. The molecule has 0 saturated carbocycles. The van der Waals surface area contributed by atoms with E-state index in [1.165, 1.54) is 6.07 Å². The number of nitrogens with zero attached hydrogens (tertiary/aromatic N) is 1. The lowest BCUT2D eigenvalue weighted by molar-refractivity contribution is 0.264. The van der Waals surface area contributed by atoms with Crippen molar-refractivity contribution in [3.05, 3.63) is 35.1 Å². The lowest BCUT2D eigenvalue weighted by Gasteiger charge is -2.22. The Hall–Kier alpha value is -0.930. The van der Waals surface area contributed by atoms with E-state index in [9.17, 15) is 4.39 Å². The Morgan fingerprint density at radius 2 is 2.00 bits per heavy atom. The molecule has 0 heterocycles. The van der Waals surface area contributed by atoms with Gasteiger partial charge in [0.15, 0.2) is 0 Å². The van der Waals surface area contributed by atoms with Crippen molar-refractivity contribution in [2.45, 2.75) is 33.0 Å². The molecule has 0 aliphatic heterocycles. The van der Waals surface area contributed by atoms with Crippen LogP contribution in [0, 0.1) is 5.82 Å². The molecule has 0 aliphatic rings. The Morgan fingerprint density at radius 3 is 2.53 bits per heavy atom. The second kappa shape index (κ2) is 5.24. The van der Waals surface area contributed by atoms with E-state index in [2.05, 4.69) is 18.7 Å². The van der Waals surface area contributed by atoms with Crippen LogP contribution in [0.3, 0.4) is 0 Å². The smallest absolute Gasteiger partial charge is 0.123 e. The summed E-state index contributed by atoms with van der Waals surface area (Å²) in [6.45, 7) is 5.42. The van der Waals surface area contributed by atoms with Crippen molar-refractivity contribution in [3.8, 4) is 0 Å². The fraction of sp³-hybridized carbons (Fsp3) is 0.500. The Labute approximate surface area is 90.9 Å². The summed E-state index contributed by atoms with van der Waals surface area (Å²) in [5.41, 5.74) is 7.61. The van der Waals surface area contributed by atoms with Crippen molar-refractivity contribution in [2.24, 2.45) is 5.73 Å². The van der Waals surface area contributed by atoms with Gasteiger partial charge in [-0.25, -0.2) is 4.39 Å². The van der Waals surface area contributed by atoms with Gasteiger partial charge in [0.1, 0.15) is 5.82 Å². The molecule has 0 radical (unpaired) electrons. The maximum atomic E-state index is 13.1. The summed E-state index contributed by atoms with van der Waals surface area (Å²) < 4.78 is 13.1. The number of nitrogens with two attached hydrogens (primary N) is 1. The van der Waals surface area contributed by atoms with Gasteiger partial charge in [-0.15, -0.1) is 0 Å². The van der Waals surface area contributed by atoms with Gasteiger partial charge in [0.2, 0.25) is 0 Å². The van der Waals surface area contributed by atoms with Crippen LogP contribution >= 0.6 is 0 Å². The van der Waals surface area contributed by atoms with E-state index in [0.29, 0.717) is 12.6 Å². The first-order valence-electron chi connectivity index (χ1n) is 5.22. The zero-order chi connectivity index (χ0) is 11.4. The van der Waals surface area contributed by atoms with Crippen molar-refractivity contribution in [1.82, 2.24) is 4.90 Å². The minimum absolute atomic E-state index is 0.195. The van der Waals surface area contributed by atoms with E-state index in [1.807, 2.05) is 7.05 Å². The van der Waals surface area contributed by atoms with Crippen LogP contribution in [-0.4, -0.2) is 18.0 Å². The molecule has 2 N–H and O–H groups in total. The third kappa shape index (κ3) is 3.29. The van der Waals surface area contributed by atoms with E-state index >= 15 is 0 Å². The highest BCUT2D eigenvalue weighted by atomic mass is 19.1. The molecule has 2 nitrogen and oxygen atoms in total. The van der Waals surface area contributed by atoms with Crippen molar-refractivity contribution >= 4 is 0 Å². The molecular formula is C12H19FN2. The van der Waals surface area contributed by atoms with Crippen molar-refractivity contribution in [3.63, 3.8) is 0 Å². The summed E-state index contributed by atoms with van der Waals surface area (Å²) in [6, 6.07) is 5.24. The van der Waals surface area contributed by atoms with Crippen LogP contribution in [0.1, 0.15) is 25.0 Å².